The van der Waals surface area contributed by atoms with Crippen LogP contribution in [0.25, 0.3) is 0 Å². The highest BCUT2D eigenvalue weighted by molar-refractivity contribution is 8.76. The molecule has 0 radical (unpaired) electrons. The van der Waals surface area contributed by atoms with Crippen LogP contribution in [-0.4, -0.2) is 65.3 Å². The summed E-state index contributed by atoms with van der Waals surface area (Å²) in [6.45, 7) is 8.66. The molecule has 0 saturated carbocycles. The number of fused-ring (bicyclic) bond motifs is 7. The van der Waals surface area contributed by atoms with Gasteiger partial charge in [-0.2, -0.15) is 0 Å². The molecule has 2 rings (SSSR count). The fraction of sp³-hybridized carbons (Fsp3) is 0.625. The standard InChI is InChI=1S/C24H36N4O6S2/c1-6-16-21(30)28-20(14(4)5)24(33)34-15-9-7-8-10-35-36-12-17(22(31)25-16)26-23(32)19(13(2)3)27-18(29)11-15/h6-7,9,13-15,17,19-20H,8,10-12H2,1-5H3,(H,25,31)(H,26,32)(H,27,29)(H,28,30)/b9-7?,16-6-/t15-,17-,19-,20?/m1/s1. The lowest BCUT2D eigenvalue weighted by Gasteiger charge is -2.27. The Balaban J connectivity index is 2.55. The van der Waals surface area contributed by atoms with Crippen molar-refractivity contribution in [3.8, 4) is 0 Å². The van der Waals surface area contributed by atoms with E-state index in [4.69, 9.17) is 4.74 Å². The highest BCUT2D eigenvalue weighted by Crippen LogP contribution is 2.24. The van der Waals surface area contributed by atoms with Gasteiger partial charge in [-0.15, -0.1) is 0 Å². The van der Waals surface area contributed by atoms with Crippen LogP contribution in [0, 0.1) is 11.8 Å². The van der Waals surface area contributed by atoms with Gasteiger partial charge < -0.3 is 26.0 Å². The smallest absolute Gasteiger partial charge is 0.329 e. The molecule has 4 amide bonds. The van der Waals surface area contributed by atoms with Gasteiger partial charge in [0.05, 0.1) is 6.42 Å². The van der Waals surface area contributed by atoms with Gasteiger partial charge in [-0.25, -0.2) is 4.79 Å². The van der Waals surface area contributed by atoms with Gasteiger partial charge in [0.2, 0.25) is 17.7 Å². The molecule has 4 N–H and O–H groups in total. The van der Waals surface area contributed by atoms with E-state index >= 15 is 0 Å². The predicted octanol–water partition coefficient (Wildman–Crippen LogP) is 1.43. The van der Waals surface area contributed by atoms with Crippen molar-refractivity contribution in [3.63, 3.8) is 0 Å². The number of carbonyl (C=O) groups excluding carboxylic acids is 5. The van der Waals surface area contributed by atoms with E-state index in [1.165, 1.54) is 27.7 Å². The fourth-order valence-electron chi connectivity index (χ4n) is 3.50. The van der Waals surface area contributed by atoms with Crippen LogP contribution in [-0.2, 0) is 28.7 Å². The first-order valence-electron chi connectivity index (χ1n) is 12.0. The second kappa shape index (κ2) is 14.3. The van der Waals surface area contributed by atoms with Gasteiger partial charge >= 0.3 is 5.97 Å². The lowest BCUT2D eigenvalue weighted by atomic mass is 10.0. The summed E-state index contributed by atoms with van der Waals surface area (Å²) in [6, 6.07) is -2.86. The maximum Gasteiger partial charge on any atom is 0.329 e. The van der Waals surface area contributed by atoms with E-state index in [-0.39, 0.29) is 29.7 Å². The molecule has 0 spiro atoms. The van der Waals surface area contributed by atoms with Gasteiger partial charge in [-0.1, -0.05) is 61.4 Å². The number of esters is 1. The molecular formula is C24H36N4O6S2. The Morgan fingerprint density at radius 2 is 1.64 bits per heavy atom. The average Bonchev–Trinajstić information content (AvgIpc) is 2.81. The SMILES string of the molecule is C/C=C1\NC(=O)[C@H]2CSSCCC=C[C@H](CC(=O)N[C@H](C(C)C)C(=O)N2)OC(=O)C(C(C)C)NC1=O. The summed E-state index contributed by atoms with van der Waals surface area (Å²) in [4.78, 5) is 65.2. The zero-order valence-electron chi connectivity index (χ0n) is 21.3. The van der Waals surface area contributed by atoms with Crippen molar-refractivity contribution < 1.29 is 28.7 Å². The Kier molecular flexibility index (Phi) is 11.8. The molecule has 2 aliphatic rings. The molecule has 1 saturated heterocycles. The third-order valence-electron chi connectivity index (χ3n) is 5.59. The number of hydrogen-bond acceptors (Lipinski definition) is 8. The van der Waals surface area contributed by atoms with Gasteiger partial charge in [0.15, 0.2) is 0 Å². The highest BCUT2D eigenvalue weighted by atomic mass is 33.1. The van der Waals surface area contributed by atoms with Crippen molar-refractivity contribution in [1.29, 1.82) is 0 Å². The number of rotatable bonds is 2. The van der Waals surface area contributed by atoms with E-state index < -0.39 is 53.8 Å². The Morgan fingerprint density at radius 3 is 2.28 bits per heavy atom. The molecule has 0 aromatic carbocycles. The van der Waals surface area contributed by atoms with Crippen LogP contribution in [0.3, 0.4) is 0 Å². The second-order valence-electron chi connectivity index (χ2n) is 9.24. The van der Waals surface area contributed by atoms with Crippen molar-refractivity contribution in [2.24, 2.45) is 11.8 Å². The molecule has 0 aliphatic carbocycles. The van der Waals surface area contributed by atoms with Gasteiger partial charge in [0.25, 0.3) is 5.91 Å². The lowest BCUT2D eigenvalue weighted by Crippen LogP contribution is -2.57. The maximum absolute atomic E-state index is 13.2. The first kappa shape index (κ1) is 29.8. The predicted molar refractivity (Wildman–Crippen MR) is 141 cm³/mol. The number of nitrogens with one attached hydrogen (secondary N) is 4. The molecule has 0 aromatic rings. The first-order valence-corrected chi connectivity index (χ1v) is 14.5. The number of amides is 4. The Bertz CT molecular complexity index is 905. The minimum absolute atomic E-state index is 0.0445. The molecule has 1 unspecified atom stereocenters. The maximum atomic E-state index is 13.2. The third-order valence-corrected chi connectivity index (χ3v) is 8.03. The first-order chi connectivity index (χ1) is 17.0. The van der Waals surface area contributed by atoms with E-state index in [0.29, 0.717) is 12.2 Å². The van der Waals surface area contributed by atoms with Crippen molar-refractivity contribution >= 4 is 51.2 Å². The topological polar surface area (TPSA) is 143 Å². The summed E-state index contributed by atoms with van der Waals surface area (Å²) in [7, 11) is 2.95. The summed E-state index contributed by atoms with van der Waals surface area (Å²) < 4.78 is 5.65. The Labute approximate surface area is 220 Å². The van der Waals surface area contributed by atoms with Crippen molar-refractivity contribution in [2.45, 2.75) is 71.7 Å². The minimum Gasteiger partial charge on any atom is -0.456 e. The normalized spacial score (nSPS) is 28.8. The molecule has 200 valence electrons. The largest absolute Gasteiger partial charge is 0.456 e. The lowest BCUT2D eigenvalue weighted by molar-refractivity contribution is -0.153. The van der Waals surface area contributed by atoms with Crippen LogP contribution < -0.4 is 21.3 Å². The van der Waals surface area contributed by atoms with Gasteiger partial charge in [-0.3, -0.25) is 19.2 Å². The molecule has 2 heterocycles. The minimum atomic E-state index is -1.00. The van der Waals surface area contributed by atoms with E-state index in [9.17, 15) is 24.0 Å². The molecule has 4 atom stereocenters. The molecule has 0 aromatic heterocycles. The number of ether oxygens (including phenoxy) is 1. The average molecular weight is 541 g/mol. The summed E-state index contributed by atoms with van der Waals surface area (Å²) in [6.07, 6.45) is 4.51. The van der Waals surface area contributed by atoms with Crippen LogP contribution in [0.15, 0.2) is 23.9 Å². The Morgan fingerprint density at radius 1 is 0.944 bits per heavy atom. The summed E-state index contributed by atoms with van der Waals surface area (Å²) >= 11 is 0. The van der Waals surface area contributed by atoms with E-state index in [1.807, 2.05) is 6.08 Å². The molecule has 10 nitrogen and oxygen atoms in total. The zero-order valence-corrected chi connectivity index (χ0v) is 22.9. The number of hydrogen-bond donors (Lipinski definition) is 4. The molecule has 1 fully saturated rings. The second-order valence-corrected chi connectivity index (χ2v) is 11.9. The van der Waals surface area contributed by atoms with Crippen LogP contribution in [0.1, 0.15) is 47.5 Å². The zero-order chi connectivity index (χ0) is 26.8. The molecule has 2 bridgehead atoms. The van der Waals surface area contributed by atoms with Crippen molar-refractivity contribution in [2.75, 3.05) is 11.5 Å². The van der Waals surface area contributed by atoms with E-state index in [0.717, 1.165) is 0 Å². The van der Waals surface area contributed by atoms with Crippen LogP contribution >= 0.6 is 21.6 Å². The molecule has 2 aliphatic heterocycles. The Hall–Kier alpha value is -2.47. The van der Waals surface area contributed by atoms with E-state index in [2.05, 4.69) is 21.3 Å². The van der Waals surface area contributed by atoms with Crippen LogP contribution in [0.5, 0.6) is 0 Å². The molecular weight excluding hydrogens is 504 g/mol. The van der Waals surface area contributed by atoms with Crippen molar-refractivity contribution in [3.05, 3.63) is 23.9 Å². The number of allylic oxidation sites excluding steroid dienone is 2. The number of carbonyl (C=O) groups is 5. The molecule has 12 heteroatoms. The van der Waals surface area contributed by atoms with Crippen LogP contribution in [0.4, 0.5) is 0 Å². The summed E-state index contributed by atoms with van der Waals surface area (Å²) in [5.74, 6) is -2.54. The summed E-state index contributed by atoms with van der Waals surface area (Å²) in [5, 5.41) is 10.7. The quantitative estimate of drug-likeness (QED) is 0.178. The monoisotopic (exact) mass is 540 g/mol. The summed E-state index contributed by atoms with van der Waals surface area (Å²) in [5.41, 5.74) is -0.0445. The highest BCUT2D eigenvalue weighted by Gasteiger charge is 2.33. The van der Waals surface area contributed by atoms with Gasteiger partial charge in [0.1, 0.15) is 29.9 Å². The molecule has 36 heavy (non-hydrogen) atoms. The third kappa shape index (κ3) is 8.88. The van der Waals surface area contributed by atoms with Crippen molar-refractivity contribution in [1.82, 2.24) is 21.3 Å². The van der Waals surface area contributed by atoms with Crippen LogP contribution in [0.2, 0.25) is 0 Å². The fourth-order valence-corrected chi connectivity index (χ4v) is 5.66. The van der Waals surface area contributed by atoms with E-state index in [1.54, 1.807) is 40.7 Å². The van der Waals surface area contributed by atoms with Gasteiger partial charge in [0, 0.05) is 11.5 Å². The van der Waals surface area contributed by atoms with Gasteiger partial charge in [-0.05, 0) is 31.3 Å².